The van der Waals surface area contributed by atoms with Crippen molar-refractivity contribution in [2.45, 2.75) is 32.6 Å². The zero-order chi connectivity index (χ0) is 21.8. The third kappa shape index (κ3) is 4.51. The maximum atomic E-state index is 12.8. The fourth-order valence-electron chi connectivity index (χ4n) is 3.42. The lowest BCUT2D eigenvalue weighted by atomic mass is 10.1. The minimum Gasteiger partial charge on any atom is -0.339 e. The number of carbonyl (C=O) groups is 3. The molecule has 3 amide bonds. The summed E-state index contributed by atoms with van der Waals surface area (Å²) in [6.07, 6.45) is 0. The quantitative estimate of drug-likeness (QED) is 0.763. The summed E-state index contributed by atoms with van der Waals surface area (Å²) in [7, 11) is 0. The SMILES string of the molecule is CCN(CC)C(=O)c1ccc2c(c1)N(CC(=O)Nc1cccc(C)c1C)C(=O)CS2. The van der Waals surface area contributed by atoms with Crippen molar-refractivity contribution >= 4 is 40.9 Å². The fraction of sp³-hybridized carbons (Fsp3) is 0.348. The lowest BCUT2D eigenvalue weighted by Gasteiger charge is -2.29. The maximum Gasteiger partial charge on any atom is 0.253 e. The van der Waals surface area contributed by atoms with E-state index in [4.69, 9.17) is 0 Å². The van der Waals surface area contributed by atoms with Gasteiger partial charge in [0.05, 0.1) is 11.4 Å². The molecule has 7 heteroatoms. The van der Waals surface area contributed by atoms with Gasteiger partial charge in [0.25, 0.3) is 5.91 Å². The van der Waals surface area contributed by atoms with Crippen molar-refractivity contribution in [3.63, 3.8) is 0 Å². The van der Waals surface area contributed by atoms with Gasteiger partial charge in [-0.2, -0.15) is 0 Å². The molecule has 2 aromatic carbocycles. The van der Waals surface area contributed by atoms with Gasteiger partial charge in [0, 0.05) is 29.2 Å². The summed E-state index contributed by atoms with van der Waals surface area (Å²) in [5.74, 6) is -0.218. The molecule has 0 fully saturated rings. The highest BCUT2D eigenvalue weighted by Gasteiger charge is 2.28. The Morgan fingerprint density at radius 3 is 2.57 bits per heavy atom. The van der Waals surface area contributed by atoms with Gasteiger partial charge in [-0.3, -0.25) is 14.4 Å². The number of nitrogens with zero attached hydrogens (tertiary/aromatic N) is 2. The fourth-order valence-corrected chi connectivity index (χ4v) is 4.34. The van der Waals surface area contributed by atoms with Gasteiger partial charge in [-0.25, -0.2) is 0 Å². The van der Waals surface area contributed by atoms with Crippen molar-refractivity contribution in [2.24, 2.45) is 0 Å². The van der Waals surface area contributed by atoms with Crippen LogP contribution in [0.15, 0.2) is 41.3 Å². The summed E-state index contributed by atoms with van der Waals surface area (Å²) in [6.45, 7) is 8.94. The molecule has 0 bridgehead atoms. The molecule has 0 saturated heterocycles. The number of nitrogens with one attached hydrogen (secondary N) is 1. The van der Waals surface area contributed by atoms with Gasteiger partial charge in [-0.1, -0.05) is 12.1 Å². The van der Waals surface area contributed by atoms with Crippen molar-refractivity contribution in [2.75, 3.05) is 35.6 Å². The normalized spacial score (nSPS) is 13.1. The predicted molar refractivity (Wildman–Crippen MR) is 121 cm³/mol. The molecule has 0 atom stereocenters. The smallest absolute Gasteiger partial charge is 0.253 e. The standard InChI is InChI=1S/C23H27N3O3S/c1-5-25(6-2)23(29)17-10-11-20-19(12-17)26(22(28)14-30-20)13-21(27)24-18-9-7-8-15(3)16(18)4/h7-12H,5-6,13-14H2,1-4H3,(H,24,27). The van der Waals surface area contributed by atoms with Crippen LogP contribution in [0.5, 0.6) is 0 Å². The van der Waals surface area contributed by atoms with E-state index in [9.17, 15) is 14.4 Å². The Kier molecular flexibility index (Phi) is 6.82. The van der Waals surface area contributed by atoms with E-state index in [2.05, 4.69) is 5.32 Å². The average molecular weight is 426 g/mol. The molecule has 6 nitrogen and oxygen atoms in total. The first-order chi connectivity index (χ1) is 14.3. The second-order valence-electron chi connectivity index (χ2n) is 7.22. The van der Waals surface area contributed by atoms with E-state index in [-0.39, 0.29) is 30.0 Å². The van der Waals surface area contributed by atoms with Gasteiger partial charge < -0.3 is 15.1 Å². The molecule has 0 saturated carbocycles. The van der Waals surface area contributed by atoms with Crippen LogP contribution in [0.25, 0.3) is 0 Å². The van der Waals surface area contributed by atoms with Gasteiger partial charge in [-0.05, 0) is 63.1 Å². The number of aryl methyl sites for hydroxylation is 1. The van der Waals surface area contributed by atoms with Gasteiger partial charge in [-0.15, -0.1) is 11.8 Å². The first kappa shape index (κ1) is 21.9. The molecule has 1 N–H and O–H groups in total. The molecule has 0 unspecified atom stereocenters. The third-order valence-corrected chi connectivity index (χ3v) is 6.43. The Hall–Kier alpha value is -2.80. The first-order valence-electron chi connectivity index (χ1n) is 10.1. The molecule has 0 radical (unpaired) electrons. The van der Waals surface area contributed by atoms with Crippen LogP contribution in [0.4, 0.5) is 11.4 Å². The number of benzene rings is 2. The second kappa shape index (κ2) is 9.34. The van der Waals surface area contributed by atoms with Crippen LogP contribution in [0.2, 0.25) is 0 Å². The van der Waals surface area contributed by atoms with Crippen LogP contribution < -0.4 is 10.2 Å². The molecule has 0 aromatic heterocycles. The van der Waals surface area contributed by atoms with E-state index in [0.29, 0.717) is 24.3 Å². The molecule has 0 spiro atoms. The minimum absolute atomic E-state index is 0.0781. The number of hydrogen-bond donors (Lipinski definition) is 1. The average Bonchev–Trinajstić information content (AvgIpc) is 2.74. The number of hydrogen-bond acceptors (Lipinski definition) is 4. The van der Waals surface area contributed by atoms with Crippen molar-refractivity contribution in [3.8, 4) is 0 Å². The summed E-state index contributed by atoms with van der Waals surface area (Å²) in [5.41, 5.74) is 3.96. The van der Waals surface area contributed by atoms with Crippen LogP contribution in [0, 0.1) is 13.8 Å². The monoisotopic (exact) mass is 425 g/mol. The van der Waals surface area contributed by atoms with Gasteiger partial charge in [0.2, 0.25) is 11.8 Å². The van der Waals surface area contributed by atoms with Crippen LogP contribution >= 0.6 is 11.8 Å². The highest BCUT2D eigenvalue weighted by atomic mass is 32.2. The van der Waals surface area contributed by atoms with Crippen molar-refractivity contribution < 1.29 is 14.4 Å². The van der Waals surface area contributed by atoms with Crippen molar-refractivity contribution in [1.29, 1.82) is 0 Å². The summed E-state index contributed by atoms with van der Waals surface area (Å²) < 4.78 is 0. The van der Waals surface area contributed by atoms with Gasteiger partial charge in [0.15, 0.2) is 0 Å². The summed E-state index contributed by atoms with van der Waals surface area (Å²) >= 11 is 1.43. The molecule has 0 aliphatic carbocycles. The van der Waals surface area contributed by atoms with E-state index < -0.39 is 0 Å². The third-order valence-electron chi connectivity index (χ3n) is 5.38. The minimum atomic E-state index is -0.268. The zero-order valence-corrected chi connectivity index (χ0v) is 18.6. The largest absolute Gasteiger partial charge is 0.339 e. The number of rotatable bonds is 6. The summed E-state index contributed by atoms with van der Waals surface area (Å²) in [5, 5.41) is 2.91. The number of anilines is 2. The van der Waals surface area contributed by atoms with E-state index >= 15 is 0 Å². The maximum absolute atomic E-state index is 12.8. The number of fused-ring (bicyclic) bond motifs is 1. The number of carbonyl (C=O) groups excluding carboxylic acids is 3. The molecule has 1 aliphatic heterocycles. The highest BCUT2D eigenvalue weighted by molar-refractivity contribution is 8.00. The Balaban J connectivity index is 1.85. The topological polar surface area (TPSA) is 69.7 Å². The van der Waals surface area contributed by atoms with Gasteiger partial charge in [0.1, 0.15) is 6.54 Å². The molecule has 158 valence electrons. The summed E-state index contributed by atoms with van der Waals surface area (Å²) in [6, 6.07) is 11.1. The number of amides is 3. The Morgan fingerprint density at radius 1 is 1.13 bits per heavy atom. The Labute approximate surface area is 181 Å². The molecule has 2 aromatic rings. The summed E-state index contributed by atoms with van der Waals surface area (Å²) in [4.78, 5) is 42.2. The number of thioether (sulfide) groups is 1. The molecule has 3 rings (SSSR count). The van der Waals surface area contributed by atoms with E-state index in [0.717, 1.165) is 21.7 Å². The lowest BCUT2D eigenvalue weighted by molar-refractivity contribution is -0.120. The van der Waals surface area contributed by atoms with Crippen molar-refractivity contribution in [3.05, 3.63) is 53.1 Å². The van der Waals surface area contributed by atoms with Crippen LogP contribution in [-0.2, 0) is 9.59 Å². The van der Waals surface area contributed by atoms with Crippen LogP contribution in [0.1, 0.15) is 35.3 Å². The lowest BCUT2D eigenvalue weighted by Crippen LogP contribution is -2.41. The van der Waals surface area contributed by atoms with Crippen LogP contribution in [-0.4, -0.2) is 48.0 Å². The molecule has 1 aliphatic rings. The molecule has 1 heterocycles. The van der Waals surface area contributed by atoms with E-state index in [1.54, 1.807) is 17.0 Å². The molecule has 30 heavy (non-hydrogen) atoms. The van der Waals surface area contributed by atoms with E-state index in [1.165, 1.54) is 16.7 Å². The Bertz CT molecular complexity index is 986. The second-order valence-corrected chi connectivity index (χ2v) is 8.24. The Morgan fingerprint density at radius 2 is 1.87 bits per heavy atom. The molecular weight excluding hydrogens is 398 g/mol. The molecular formula is C23H27N3O3S. The zero-order valence-electron chi connectivity index (χ0n) is 17.8. The van der Waals surface area contributed by atoms with Crippen molar-refractivity contribution in [1.82, 2.24) is 4.90 Å². The predicted octanol–water partition coefficient (Wildman–Crippen LogP) is 3.86. The van der Waals surface area contributed by atoms with Gasteiger partial charge >= 0.3 is 0 Å². The first-order valence-corrected chi connectivity index (χ1v) is 11.1. The highest BCUT2D eigenvalue weighted by Crippen LogP contribution is 2.36. The van der Waals surface area contributed by atoms with E-state index in [1.807, 2.05) is 52.0 Å². The van der Waals surface area contributed by atoms with Crippen LogP contribution in [0.3, 0.4) is 0 Å².